The van der Waals surface area contributed by atoms with Gasteiger partial charge in [-0.3, -0.25) is 14.4 Å². The van der Waals surface area contributed by atoms with E-state index < -0.39 is 35.5 Å². The molecule has 1 aliphatic rings. The molecule has 1 heterocycles. The Labute approximate surface area is 172 Å². The van der Waals surface area contributed by atoms with Gasteiger partial charge >= 0.3 is 6.36 Å². The van der Waals surface area contributed by atoms with Crippen molar-refractivity contribution in [2.75, 3.05) is 20.3 Å². The molecular formula is C20H25F3N2O5. The SMILES string of the molecule is CC(C)CC(NC(=O)c1ccc(OC(F)(F)F)cc1)C(=O)N(C)C1(C)COCC1=O. The molecule has 1 aliphatic heterocycles. The number of benzene rings is 1. The van der Waals surface area contributed by atoms with E-state index in [1.54, 1.807) is 6.92 Å². The normalized spacial score (nSPS) is 20.2. The molecule has 0 bridgehead atoms. The smallest absolute Gasteiger partial charge is 0.406 e. The standard InChI is InChI=1S/C20H25F3N2O5/c1-12(2)9-15(18(28)25(4)19(3)11-29-10-16(19)26)24-17(27)13-5-7-14(8-6-13)30-20(21,22)23/h5-8,12,15H,9-11H2,1-4H3,(H,24,27). The molecule has 10 heteroatoms. The Balaban J connectivity index is 2.14. The van der Waals surface area contributed by atoms with Gasteiger partial charge < -0.3 is 19.7 Å². The van der Waals surface area contributed by atoms with Crippen molar-refractivity contribution in [2.45, 2.75) is 45.1 Å². The predicted molar refractivity (Wildman–Crippen MR) is 101 cm³/mol. The number of likely N-dealkylation sites (N-methyl/N-ethyl adjacent to an activating group) is 1. The Bertz CT molecular complexity index is 795. The topological polar surface area (TPSA) is 84.9 Å². The lowest BCUT2D eigenvalue weighted by molar-refractivity contribution is -0.274. The zero-order valence-electron chi connectivity index (χ0n) is 17.2. The molecule has 2 amide bonds. The van der Waals surface area contributed by atoms with Crippen LogP contribution in [0.5, 0.6) is 5.75 Å². The first kappa shape index (κ1) is 23.7. The van der Waals surface area contributed by atoms with Crippen molar-refractivity contribution in [1.82, 2.24) is 10.2 Å². The Kier molecular flexibility index (Phi) is 7.12. The largest absolute Gasteiger partial charge is 0.573 e. The van der Waals surface area contributed by atoms with Gasteiger partial charge in [0.05, 0.1) is 6.61 Å². The highest BCUT2D eigenvalue weighted by atomic mass is 19.4. The lowest BCUT2D eigenvalue weighted by Gasteiger charge is -2.35. The first-order valence-corrected chi connectivity index (χ1v) is 9.39. The highest BCUT2D eigenvalue weighted by Gasteiger charge is 2.45. The molecule has 2 atom stereocenters. The van der Waals surface area contributed by atoms with Gasteiger partial charge in [0.1, 0.15) is 23.9 Å². The van der Waals surface area contributed by atoms with Crippen LogP contribution >= 0.6 is 0 Å². The van der Waals surface area contributed by atoms with Gasteiger partial charge in [0.25, 0.3) is 5.91 Å². The van der Waals surface area contributed by atoms with E-state index in [-0.39, 0.29) is 30.5 Å². The molecule has 7 nitrogen and oxygen atoms in total. The van der Waals surface area contributed by atoms with Crippen LogP contribution in [0.4, 0.5) is 13.2 Å². The molecule has 1 aromatic rings. The fraction of sp³-hybridized carbons (Fsp3) is 0.550. The zero-order valence-corrected chi connectivity index (χ0v) is 17.2. The summed E-state index contributed by atoms with van der Waals surface area (Å²) in [5, 5.41) is 2.62. The van der Waals surface area contributed by atoms with Gasteiger partial charge in [0.15, 0.2) is 5.78 Å². The van der Waals surface area contributed by atoms with E-state index in [1.807, 2.05) is 13.8 Å². The molecule has 0 saturated carbocycles. The number of hydrogen-bond donors (Lipinski definition) is 1. The van der Waals surface area contributed by atoms with Crippen LogP contribution in [0.1, 0.15) is 37.6 Å². The summed E-state index contributed by atoms with van der Waals surface area (Å²) in [6.07, 6.45) is -4.52. The Morgan fingerprint density at radius 2 is 1.87 bits per heavy atom. The number of amides is 2. The number of rotatable bonds is 7. The van der Waals surface area contributed by atoms with Crippen molar-refractivity contribution in [3.8, 4) is 5.75 Å². The predicted octanol–water partition coefficient (Wildman–Crippen LogP) is 2.55. The fourth-order valence-corrected chi connectivity index (χ4v) is 3.08. The first-order chi connectivity index (χ1) is 13.8. The van der Waals surface area contributed by atoms with Gasteiger partial charge in [-0.15, -0.1) is 13.2 Å². The average Bonchev–Trinajstić information content (AvgIpc) is 2.98. The van der Waals surface area contributed by atoms with Crippen LogP contribution in [0.3, 0.4) is 0 Å². The Morgan fingerprint density at radius 1 is 1.27 bits per heavy atom. The second-order valence-corrected chi connectivity index (χ2v) is 7.81. The molecule has 30 heavy (non-hydrogen) atoms. The average molecular weight is 430 g/mol. The molecule has 1 aromatic carbocycles. The van der Waals surface area contributed by atoms with Crippen LogP contribution in [0.15, 0.2) is 24.3 Å². The van der Waals surface area contributed by atoms with Crippen molar-refractivity contribution >= 4 is 17.6 Å². The zero-order chi connectivity index (χ0) is 22.7. The van der Waals surface area contributed by atoms with Crippen molar-refractivity contribution in [2.24, 2.45) is 5.92 Å². The van der Waals surface area contributed by atoms with E-state index in [0.717, 1.165) is 12.1 Å². The van der Waals surface area contributed by atoms with Gasteiger partial charge in [-0.05, 0) is 43.5 Å². The summed E-state index contributed by atoms with van der Waals surface area (Å²) >= 11 is 0. The van der Waals surface area contributed by atoms with Gasteiger partial charge in [0.2, 0.25) is 5.91 Å². The number of ketones is 1. The summed E-state index contributed by atoms with van der Waals surface area (Å²) in [5.41, 5.74) is -1.05. The molecule has 1 saturated heterocycles. The highest BCUT2D eigenvalue weighted by Crippen LogP contribution is 2.24. The molecule has 0 aliphatic carbocycles. The highest BCUT2D eigenvalue weighted by molar-refractivity contribution is 5.99. The number of carbonyl (C=O) groups excluding carboxylic acids is 3. The maximum atomic E-state index is 13.1. The van der Waals surface area contributed by atoms with Crippen molar-refractivity contribution in [3.63, 3.8) is 0 Å². The monoisotopic (exact) mass is 430 g/mol. The molecule has 1 N–H and O–H groups in total. The summed E-state index contributed by atoms with van der Waals surface area (Å²) in [4.78, 5) is 39.1. The van der Waals surface area contributed by atoms with Crippen molar-refractivity contribution in [1.29, 1.82) is 0 Å². The lowest BCUT2D eigenvalue weighted by Crippen LogP contribution is -2.58. The van der Waals surface area contributed by atoms with Crippen LogP contribution in [-0.4, -0.2) is 60.7 Å². The Morgan fingerprint density at radius 3 is 2.33 bits per heavy atom. The first-order valence-electron chi connectivity index (χ1n) is 9.39. The molecule has 0 aromatic heterocycles. The minimum Gasteiger partial charge on any atom is -0.406 e. The molecule has 1 fully saturated rings. The van der Waals surface area contributed by atoms with Gasteiger partial charge in [-0.2, -0.15) is 0 Å². The summed E-state index contributed by atoms with van der Waals surface area (Å²) in [7, 11) is 1.48. The number of hydrogen-bond acceptors (Lipinski definition) is 5. The van der Waals surface area contributed by atoms with E-state index in [2.05, 4.69) is 10.1 Å². The van der Waals surface area contributed by atoms with Gasteiger partial charge in [-0.25, -0.2) is 0 Å². The molecule has 166 valence electrons. The van der Waals surface area contributed by atoms with E-state index in [0.29, 0.717) is 6.42 Å². The summed E-state index contributed by atoms with van der Waals surface area (Å²) < 4.78 is 45.8. The second-order valence-electron chi connectivity index (χ2n) is 7.81. The number of carbonyl (C=O) groups is 3. The number of Topliss-reactive ketones (excluding diaryl/α,β-unsaturated/α-hetero) is 1. The maximum absolute atomic E-state index is 13.1. The Hall–Kier alpha value is -2.62. The fourth-order valence-electron chi connectivity index (χ4n) is 3.08. The second kappa shape index (κ2) is 9.03. The van der Waals surface area contributed by atoms with Gasteiger partial charge in [0, 0.05) is 12.6 Å². The van der Waals surface area contributed by atoms with E-state index in [4.69, 9.17) is 4.74 Å². The minimum atomic E-state index is -4.83. The van der Waals surface area contributed by atoms with Crippen molar-refractivity contribution < 1.29 is 37.0 Å². The van der Waals surface area contributed by atoms with Crippen LogP contribution in [0.2, 0.25) is 0 Å². The van der Waals surface area contributed by atoms with Crippen LogP contribution in [0, 0.1) is 5.92 Å². The summed E-state index contributed by atoms with van der Waals surface area (Å²) in [5.74, 6) is -1.71. The van der Waals surface area contributed by atoms with Crippen LogP contribution < -0.4 is 10.1 Å². The quantitative estimate of drug-likeness (QED) is 0.719. The number of nitrogens with zero attached hydrogens (tertiary/aromatic N) is 1. The number of nitrogens with one attached hydrogen (secondary N) is 1. The lowest BCUT2D eigenvalue weighted by atomic mass is 9.95. The number of ether oxygens (including phenoxy) is 2. The molecular weight excluding hydrogens is 405 g/mol. The molecule has 0 spiro atoms. The third-order valence-electron chi connectivity index (χ3n) is 4.95. The van der Waals surface area contributed by atoms with Crippen LogP contribution in [0.25, 0.3) is 0 Å². The van der Waals surface area contributed by atoms with Crippen LogP contribution in [-0.2, 0) is 14.3 Å². The third kappa shape index (κ3) is 5.71. The van der Waals surface area contributed by atoms with Crippen molar-refractivity contribution in [3.05, 3.63) is 29.8 Å². The van der Waals surface area contributed by atoms with E-state index in [1.165, 1.54) is 24.1 Å². The summed E-state index contributed by atoms with van der Waals surface area (Å²) in [6, 6.07) is 3.46. The summed E-state index contributed by atoms with van der Waals surface area (Å²) in [6.45, 7) is 5.34. The molecule has 2 rings (SSSR count). The maximum Gasteiger partial charge on any atom is 0.573 e. The molecule has 0 radical (unpaired) electrons. The minimum absolute atomic E-state index is 0.0542. The molecule has 2 unspecified atom stereocenters. The van der Waals surface area contributed by atoms with Gasteiger partial charge in [-0.1, -0.05) is 13.8 Å². The number of alkyl halides is 3. The van der Waals surface area contributed by atoms with E-state index >= 15 is 0 Å². The van der Waals surface area contributed by atoms with E-state index in [9.17, 15) is 27.6 Å². The third-order valence-corrected chi connectivity index (χ3v) is 4.95. The number of halogens is 3.